The SMILES string of the molecule is CNC(S)NCC1CC1. The number of thiol groups is 1. The standard InChI is InChI=1S/C6H14N2S/c1-7-6(9)8-4-5-2-3-5/h5-9H,2-4H2,1H3. The van der Waals surface area contributed by atoms with Crippen molar-refractivity contribution in [3.05, 3.63) is 0 Å². The maximum Gasteiger partial charge on any atom is 0.102 e. The molecule has 1 unspecified atom stereocenters. The van der Waals surface area contributed by atoms with Gasteiger partial charge in [0.05, 0.1) is 0 Å². The van der Waals surface area contributed by atoms with Gasteiger partial charge in [-0.25, -0.2) is 0 Å². The van der Waals surface area contributed by atoms with Crippen LogP contribution in [0.15, 0.2) is 0 Å². The average molecular weight is 146 g/mol. The van der Waals surface area contributed by atoms with Gasteiger partial charge in [-0.2, -0.15) is 0 Å². The Kier molecular flexibility index (Phi) is 2.82. The zero-order valence-corrected chi connectivity index (χ0v) is 6.62. The number of hydrogen-bond acceptors (Lipinski definition) is 3. The van der Waals surface area contributed by atoms with E-state index in [9.17, 15) is 0 Å². The molecule has 1 fully saturated rings. The molecule has 0 spiro atoms. The molecule has 0 saturated heterocycles. The van der Waals surface area contributed by atoms with Crippen molar-refractivity contribution < 1.29 is 0 Å². The van der Waals surface area contributed by atoms with Crippen molar-refractivity contribution in [1.82, 2.24) is 10.6 Å². The third-order valence-electron chi connectivity index (χ3n) is 1.57. The van der Waals surface area contributed by atoms with Crippen LogP contribution in [0.4, 0.5) is 0 Å². The monoisotopic (exact) mass is 146 g/mol. The van der Waals surface area contributed by atoms with E-state index in [0.29, 0.717) is 0 Å². The quantitative estimate of drug-likeness (QED) is 0.395. The predicted octanol–water partition coefficient (Wildman–Crippen LogP) is 0.419. The van der Waals surface area contributed by atoms with E-state index in [-0.39, 0.29) is 5.50 Å². The lowest BCUT2D eigenvalue weighted by molar-refractivity contribution is 0.566. The van der Waals surface area contributed by atoms with Crippen molar-refractivity contribution in [2.24, 2.45) is 5.92 Å². The van der Waals surface area contributed by atoms with Crippen LogP contribution < -0.4 is 10.6 Å². The Morgan fingerprint density at radius 1 is 1.67 bits per heavy atom. The van der Waals surface area contributed by atoms with E-state index < -0.39 is 0 Å². The molecule has 0 heterocycles. The van der Waals surface area contributed by atoms with E-state index in [1.165, 1.54) is 12.8 Å². The van der Waals surface area contributed by atoms with Gasteiger partial charge in [-0.1, -0.05) is 0 Å². The van der Waals surface area contributed by atoms with Gasteiger partial charge in [0.1, 0.15) is 5.50 Å². The predicted molar refractivity (Wildman–Crippen MR) is 42.6 cm³/mol. The van der Waals surface area contributed by atoms with Crippen LogP contribution in [0.1, 0.15) is 12.8 Å². The fraction of sp³-hybridized carbons (Fsp3) is 1.00. The second kappa shape index (κ2) is 3.44. The molecule has 2 nitrogen and oxygen atoms in total. The first-order chi connectivity index (χ1) is 4.33. The third kappa shape index (κ3) is 3.08. The summed E-state index contributed by atoms with van der Waals surface area (Å²) in [5.41, 5.74) is 0.172. The van der Waals surface area contributed by atoms with Crippen LogP contribution >= 0.6 is 12.6 Å². The van der Waals surface area contributed by atoms with Gasteiger partial charge < -0.3 is 0 Å². The summed E-state index contributed by atoms with van der Waals surface area (Å²) in [6, 6.07) is 0. The maximum atomic E-state index is 4.21. The van der Waals surface area contributed by atoms with Crippen LogP contribution in [0.25, 0.3) is 0 Å². The first kappa shape index (κ1) is 7.38. The Labute approximate surface area is 61.8 Å². The van der Waals surface area contributed by atoms with Gasteiger partial charge in [-0.3, -0.25) is 10.6 Å². The molecule has 54 valence electrons. The summed E-state index contributed by atoms with van der Waals surface area (Å²) in [7, 11) is 1.90. The molecule has 2 N–H and O–H groups in total. The molecular formula is C6H14N2S. The van der Waals surface area contributed by atoms with Crippen LogP contribution in [-0.4, -0.2) is 19.1 Å². The molecular weight excluding hydrogens is 132 g/mol. The second-order valence-electron chi connectivity index (χ2n) is 2.54. The van der Waals surface area contributed by atoms with Gasteiger partial charge in [0, 0.05) is 6.54 Å². The minimum Gasteiger partial charge on any atom is -0.297 e. The maximum absolute atomic E-state index is 4.21. The molecule has 1 aliphatic carbocycles. The molecule has 0 amide bonds. The van der Waals surface area contributed by atoms with Crippen molar-refractivity contribution in [3.63, 3.8) is 0 Å². The van der Waals surface area contributed by atoms with E-state index in [2.05, 4.69) is 23.3 Å². The average Bonchev–Trinajstić information content (AvgIpc) is 2.65. The minimum absolute atomic E-state index is 0.172. The zero-order valence-electron chi connectivity index (χ0n) is 5.72. The van der Waals surface area contributed by atoms with Gasteiger partial charge >= 0.3 is 0 Å². The molecule has 0 aliphatic heterocycles. The molecule has 1 rings (SSSR count). The van der Waals surface area contributed by atoms with E-state index in [1.54, 1.807) is 0 Å². The van der Waals surface area contributed by atoms with Crippen molar-refractivity contribution >= 4 is 12.6 Å². The van der Waals surface area contributed by atoms with Crippen molar-refractivity contribution in [3.8, 4) is 0 Å². The lowest BCUT2D eigenvalue weighted by Gasteiger charge is -2.09. The summed E-state index contributed by atoms with van der Waals surface area (Å²) in [6.07, 6.45) is 2.80. The van der Waals surface area contributed by atoms with E-state index in [4.69, 9.17) is 0 Å². The highest BCUT2D eigenvalue weighted by molar-refractivity contribution is 7.80. The smallest absolute Gasteiger partial charge is 0.102 e. The molecule has 1 saturated carbocycles. The van der Waals surface area contributed by atoms with E-state index in [0.717, 1.165) is 12.5 Å². The van der Waals surface area contributed by atoms with Gasteiger partial charge in [0.15, 0.2) is 0 Å². The van der Waals surface area contributed by atoms with Gasteiger partial charge in [-0.05, 0) is 25.8 Å². The highest BCUT2D eigenvalue weighted by atomic mass is 32.1. The molecule has 3 heteroatoms. The summed E-state index contributed by atoms with van der Waals surface area (Å²) in [5.74, 6) is 0.938. The highest BCUT2D eigenvalue weighted by Crippen LogP contribution is 2.27. The number of nitrogens with one attached hydrogen (secondary N) is 2. The van der Waals surface area contributed by atoms with Crippen molar-refractivity contribution in [2.45, 2.75) is 18.3 Å². The fourth-order valence-corrected chi connectivity index (χ4v) is 0.808. The molecule has 0 aromatic rings. The van der Waals surface area contributed by atoms with Crippen LogP contribution in [0.3, 0.4) is 0 Å². The topological polar surface area (TPSA) is 24.1 Å². The summed E-state index contributed by atoms with van der Waals surface area (Å²) in [5, 5.41) is 6.25. The molecule has 0 radical (unpaired) electrons. The molecule has 0 aromatic carbocycles. The Balaban J connectivity index is 1.90. The van der Waals surface area contributed by atoms with Crippen LogP contribution in [0.2, 0.25) is 0 Å². The molecule has 1 aliphatic rings. The Bertz CT molecular complexity index is 83.1. The molecule has 1 atom stereocenters. The Morgan fingerprint density at radius 2 is 2.33 bits per heavy atom. The van der Waals surface area contributed by atoms with Crippen LogP contribution in [0.5, 0.6) is 0 Å². The fourth-order valence-electron chi connectivity index (χ4n) is 0.702. The first-order valence-electron chi connectivity index (χ1n) is 3.41. The lowest BCUT2D eigenvalue weighted by atomic mass is 10.4. The normalized spacial score (nSPS) is 22.0. The molecule has 9 heavy (non-hydrogen) atoms. The summed E-state index contributed by atoms with van der Waals surface area (Å²) < 4.78 is 0. The third-order valence-corrected chi connectivity index (χ3v) is 2.01. The summed E-state index contributed by atoms with van der Waals surface area (Å²) in [6.45, 7) is 1.12. The molecule has 0 bridgehead atoms. The summed E-state index contributed by atoms with van der Waals surface area (Å²) >= 11 is 4.21. The van der Waals surface area contributed by atoms with E-state index in [1.807, 2.05) is 7.05 Å². The largest absolute Gasteiger partial charge is 0.297 e. The van der Waals surface area contributed by atoms with Crippen LogP contribution in [-0.2, 0) is 0 Å². The summed E-state index contributed by atoms with van der Waals surface area (Å²) in [4.78, 5) is 0. The Morgan fingerprint density at radius 3 is 2.78 bits per heavy atom. The minimum atomic E-state index is 0.172. The van der Waals surface area contributed by atoms with Gasteiger partial charge in [0.2, 0.25) is 0 Å². The highest BCUT2D eigenvalue weighted by Gasteiger charge is 2.20. The lowest BCUT2D eigenvalue weighted by Crippen LogP contribution is -2.36. The van der Waals surface area contributed by atoms with Crippen molar-refractivity contribution in [1.29, 1.82) is 0 Å². The van der Waals surface area contributed by atoms with Gasteiger partial charge in [-0.15, -0.1) is 12.6 Å². The van der Waals surface area contributed by atoms with Gasteiger partial charge in [0.25, 0.3) is 0 Å². The first-order valence-corrected chi connectivity index (χ1v) is 3.93. The van der Waals surface area contributed by atoms with E-state index >= 15 is 0 Å². The number of rotatable bonds is 4. The number of hydrogen-bond donors (Lipinski definition) is 3. The van der Waals surface area contributed by atoms with Crippen molar-refractivity contribution in [2.75, 3.05) is 13.6 Å². The second-order valence-corrected chi connectivity index (χ2v) is 3.06. The molecule has 0 aromatic heterocycles. The van der Waals surface area contributed by atoms with Crippen LogP contribution in [0, 0.1) is 5.92 Å². The zero-order chi connectivity index (χ0) is 6.69. The Hall–Kier alpha value is 0.270.